The Morgan fingerprint density at radius 2 is 1.69 bits per heavy atom. The van der Waals surface area contributed by atoms with Crippen LogP contribution in [0.5, 0.6) is 5.75 Å². The van der Waals surface area contributed by atoms with Crippen molar-refractivity contribution in [1.82, 2.24) is 9.88 Å². The molecule has 1 amide bonds. The molecule has 3 aromatic rings. The van der Waals surface area contributed by atoms with E-state index >= 15 is 0 Å². The van der Waals surface area contributed by atoms with Gasteiger partial charge in [0.15, 0.2) is 5.13 Å². The monoisotopic (exact) mass is 477 g/mol. The van der Waals surface area contributed by atoms with E-state index in [-0.39, 0.29) is 23.9 Å². The van der Waals surface area contributed by atoms with E-state index < -0.39 is 5.97 Å². The van der Waals surface area contributed by atoms with Gasteiger partial charge in [0.25, 0.3) is 5.91 Å². The number of amides is 1. The third-order valence-corrected chi connectivity index (χ3v) is 6.20. The summed E-state index contributed by atoms with van der Waals surface area (Å²) in [4.78, 5) is 34.4. The quantitative estimate of drug-likeness (QED) is 0.422. The van der Waals surface area contributed by atoms with Crippen LogP contribution in [-0.4, -0.2) is 62.2 Å². The Morgan fingerprint density at radius 3 is 2.31 bits per heavy atom. The first-order valence-corrected chi connectivity index (χ1v) is 11.0. The maximum Gasteiger partial charge on any atom is 0.338 e. The number of esters is 1. The molecule has 32 heavy (non-hydrogen) atoms. The number of hydrogen-bond donors (Lipinski definition) is 0. The Morgan fingerprint density at radius 1 is 1.00 bits per heavy atom. The van der Waals surface area contributed by atoms with Crippen molar-refractivity contribution in [3.05, 3.63) is 53.6 Å². The lowest BCUT2D eigenvalue weighted by Gasteiger charge is -2.25. The fraction of sp³-hybridized carbons (Fsp3) is 0.348. The second-order valence-electron chi connectivity index (χ2n) is 6.85. The number of halogens is 1. The first-order valence-electron chi connectivity index (χ1n) is 10.2. The van der Waals surface area contributed by atoms with Gasteiger partial charge in [-0.15, -0.1) is 12.4 Å². The Kier molecular flexibility index (Phi) is 9.43. The molecule has 0 bridgehead atoms. The lowest BCUT2D eigenvalue weighted by Crippen LogP contribution is -2.39. The zero-order valence-electron chi connectivity index (χ0n) is 18.7. The number of nitrogens with zero attached hydrogens (tertiary/aromatic N) is 3. The van der Waals surface area contributed by atoms with Gasteiger partial charge >= 0.3 is 5.97 Å². The Hall–Kier alpha value is -2.68. The molecular formula is C23H28ClN3O4S. The third kappa shape index (κ3) is 5.56. The molecule has 2 aromatic carbocycles. The summed E-state index contributed by atoms with van der Waals surface area (Å²) in [5, 5.41) is 0.583. The first-order chi connectivity index (χ1) is 15.0. The summed E-state index contributed by atoms with van der Waals surface area (Å²) in [6.07, 6.45) is 0. The van der Waals surface area contributed by atoms with Gasteiger partial charge < -0.3 is 14.4 Å². The number of likely N-dealkylation sites (N-methyl/N-ethyl adjacent to an activating group) is 1. The zero-order chi connectivity index (χ0) is 22.4. The van der Waals surface area contributed by atoms with Crippen molar-refractivity contribution in [2.24, 2.45) is 0 Å². The van der Waals surface area contributed by atoms with E-state index in [9.17, 15) is 9.59 Å². The second-order valence-corrected chi connectivity index (χ2v) is 7.86. The summed E-state index contributed by atoms with van der Waals surface area (Å²) in [6.45, 7) is 7.09. The number of carbonyl (C=O) groups is 2. The normalized spacial score (nSPS) is 10.7. The molecule has 1 heterocycles. The molecule has 172 valence electrons. The van der Waals surface area contributed by atoms with Gasteiger partial charge in [0.1, 0.15) is 5.75 Å². The number of fused-ring (bicyclic) bond motifs is 1. The van der Waals surface area contributed by atoms with Crippen molar-refractivity contribution in [2.45, 2.75) is 13.8 Å². The Bertz CT molecular complexity index is 1070. The van der Waals surface area contributed by atoms with Crippen LogP contribution in [0.25, 0.3) is 10.2 Å². The van der Waals surface area contributed by atoms with Crippen LogP contribution in [0.2, 0.25) is 0 Å². The molecule has 0 saturated heterocycles. The van der Waals surface area contributed by atoms with E-state index in [4.69, 9.17) is 14.5 Å². The second kappa shape index (κ2) is 11.8. The minimum absolute atomic E-state index is 0. The molecule has 0 radical (unpaired) electrons. The van der Waals surface area contributed by atoms with Gasteiger partial charge in [0, 0.05) is 13.1 Å². The van der Waals surface area contributed by atoms with E-state index in [0.717, 1.165) is 29.1 Å². The average molecular weight is 478 g/mol. The fourth-order valence-electron chi connectivity index (χ4n) is 3.30. The predicted octanol–water partition coefficient (Wildman–Crippen LogP) is 4.50. The molecular weight excluding hydrogens is 450 g/mol. The number of hydrogen-bond acceptors (Lipinski definition) is 7. The van der Waals surface area contributed by atoms with Crippen molar-refractivity contribution in [3.8, 4) is 5.75 Å². The minimum atomic E-state index is -0.540. The molecule has 0 aliphatic carbocycles. The summed E-state index contributed by atoms with van der Waals surface area (Å²) in [6, 6.07) is 12.3. The maximum atomic E-state index is 13.6. The van der Waals surface area contributed by atoms with Gasteiger partial charge in [0.2, 0.25) is 0 Å². The van der Waals surface area contributed by atoms with Crippen LogP contribution in [0.1, 0.15) is 34.6 Å². The third-order valence-electron chi connectivity index (χ3n) is 5.16. The lowest BCUT2D eigenvalue weighted by atomic mass is 10.1. The van der Waals surface area contributed by atoms with Gasteiger partial charge in [-0.05, 0) is 43.4 Å². The molecule has 3 rings (SSSR count). The molecule has 0 aliphatic rings. The Labute approximate surface area is 198 Å². The highest BCUT2D eigenvalue weighted by Gasteiger charge is 2.26. The largest absolute Gasteiger partial charge is 0.497 e. The van der Waals surface area contributed by atoms with Crippen LogP contribution in [-0.2, 0) is 4.74 Å². The number of methoxy groups -OCH3 is 2. The molecule has 0 saturated carbocycles. The van der Waals surface area contributed by atoms with Crippen LogP contribution in [0.15, 0.2) is 42.5 Å². The highest BCUT2D eigenvalue weighted by atomic mass is 35.5. The number of carbonyl (C=O) groups excluding carboxylic acids is 2. The molecule has 0 N–H and O–H groups in total. The molecule has 0 atom stereocenters. The van der Waals surface area contributed by atoms with E-state index in [2.05, 4.69) is 18.7 Å². The highest BCUT2D eigenvalue weighted by molar-refractivity contribution is 7.22. The van der Waals surface area contributed by atoms with E-state index in [1.165, 1.54) is 18.4 Å². The summed E-state index contributed by atoms with van der Waals surface area (Å²) in [5.41, 5.74) is 1.33. The van der Waals surface area contributed by atoms with Crippen molar-refractivity contribution >= 4 is 51.0 Å². The molecule has 7 nitrogen and oxygen atoms in total. The number of aromatic nitrogens is 1. The highest BCUT2D eigenvalue weighted by Crippen LogP contribution is 2.32. The van der Waals surface area contributed by atoms with Crippen LogP contribution in [0, 0.1) is 0 Å². The van der Waals surface area contributed by atoms with Gasteiger partial charge in [-0.3, -0.25) is 9.69 Å². The number of rotatable bonds is 9. The number of anilines is 1. The van der Waals surface area contributed by atoms with Gasteiger partial charge in [-0.1, -0.05) is 37.3 Å². The van der Waals surface area contributed by atoms with E-state index in [1.54, 1.807) is 36.3 Å². The van der Waals surface area contributed by atoms with Crippen molar-refractivity contribution in [2.75, 3.05) is 45.3 Å². The van der Waals surface area contributed by atoms with Crippen molar-refractivity contribution in [3.63, 3.8) is 0 Å². The summed E-state index contributed by atoms with van der Waals surface area (Å²) in [5.74, 6) is -0.0828. The van der Waals surface area contributed by atoms with E-state index in [0.29, 0.717) is 23.8 Å². The van der Waals surface area contributed by atoms with E-state index in [1.807, 2.05) is 18.2 Å². The van der Waals surface area contributed by atoms with Crippen LogP contribution >= 0.6 is 23.7 Å². The maximum absolute atomic E-state index is 13.6. The fourth-order valence-corrected chi connectivity index (χ4v) is 4.32. The minimum Gasteiger partial charge on any atom is -0.497 e. The van der Waals surface area contributed by atoms with Gasteiger partial charge in [0.05, 0.1) is 35.6 Å². The van der Waals surface area contributed by atoms with Crippen molar-refractivity contribution in [1.29, 1.82) is 0 Å². The Balaban J connectivity index is 0.00000363. The topological polar surface area (TPSA) is 72.0 Å². The lowest BCUT2D eigenvalue weighted by molar-refractivity contribution is 0.0597. The predicted molar refractivity (Wildman–Crippen MR) is 131 cm³/mol. The van der Waals surface area contributed by atoms with Gasteiger partial charge in [-0.2, -0.15) is 0 Å². The van der Waals surface area contributed by atoms with Crippen LogP contribution in [0.3, 0.4) is 0 Å². The number of ether oxygens (including phenoxy) is 2. The summed E-state index contributed by atoms with van der Waals surface area (Å²) >= 11 is 1.42. The SMILES string of the molecule is CCN(CC)CCN(C(=O)c1ccccc1C(=O)OC)c1nc2ccc(OC)cc2s1.Cl. The zero-order valence-corrected chi connectivity index (χ0v) is 20.3. The van der Waals surface area contributed by atoms with Gasteiger partial charge in [-0.25, -0.2) is 9.78 Å². The summed E-state index contributed by atoms with van der Waals surface area (Å²) < 4.78 is 11.1. The molecule has 0 fully saturated rings. The molecule has 1 aromatic heterocycles. The van der Waals surface area contributed by atoms with Crippen LogP contribution < -0.4 is 9.64 Å². The molecule has 9 heteroatoms. The smallest absolute Gasteiger partial charge is 0.338 e. The van der Waals surface area contributed by atoms with Crippen molar-refractivity contribution < 1.29 is 19.1 Å². The average Bonchev–Trinajstić information content (AvgIpc) is 3.23. The molecule has 0 aliphatic heterocycles. The molecule has 0 spiro atoms. The summed E-state index contributed by atoms with van der Waals surface area (Å²) in [7, 11) is 2.93. The van der Waals surface area contributed by atoms with Crippen LogP contribution in [0.4, 0.5) is 5.13 Å². The molecule has 0 unspecified atom stereocenters. The number of thiazole rings is 1. The standard InChI is InChI=1S/C23H27N3O4S.ClH/c1-5-25(6-2)13-14-26(21(27)17-9-7-8-10-18(17)22(28)30-4)23-24-19-12-11-16(29-3)15-20(19)31-23;/h7-12,15H,5-6,13-14H2,1-4H3;1H. The first kappa shape index (κ1) is 25.6. The number of benzene rings is 2.